The molecule has 0 bridgehead atoms. The largest absolute Gasteiger partial charge is 0.465 e. The minimum Gasteiger partial charge on any atom is -0.465 e. The third-order valence-corrected chi connectivity index (χ3v) is 3.33. The minimum absolute atomic E-state index is 0.198. The molecule has 78 valence electrons. The Hall–Kier alpha value is -0.780. The van der Waals surface area contributed by atoms with Crippen molar-refractivity contribution < 1.29 is 15.0 Å². The molecular weight excluding hydrogens is 226 g/mol. The van der Waals surface area contributed by atoms with Crippen molar-refractivity contribution in [3.8, 4) is 0 Å². The van der Waals surface area contributed by atoms with E-state index in [9.17, 15) is 9.90 Å². The zero-order valence-electron chi connectivity index (χ0n) is 7.48. The van der Waals surface area contributed by atoms with E-state index in [1.807, 2.05) is 0 Å². The van der Waals surface area contributed by atoms with Gasteiger partial charge in [-0.3, -0.25) is 4.90 Å². The fraction of sp³-hybridized carbons (Fsp3) is 0.375. The second kappa shape index (κ2) is 4.16. The molecule has 0 aromatic carbocycles. The van der Waals surface area contributed by atoms with E-state index in [1.54, 1.807) is 17.5 Å². The molecule has 0 aliphatic heterocycles. The van der Waals surface area contributed by atoms with Gasteiger partial charge in [0.2, 0.25) is 0 Å². The van der Waals surface area contributed by atoms with Gasteiger partial charge in [0.1, 0.15) is 0 Å². The molecule has 1 aromatic rings. The van der Waals surface area contributed by atoms with Crippen molar-refractivity contribution in [3.05, 3.63) is 22.4 Å². The van der Waals surface area contributed by atoms with Gasteiger partial charge < -0.3 is 10.2 Å². The Balaban J connectivity index is 3.03. The molecule has 1 amide bonds. The Morgan fingerprint density at radius 2 is 2.43 bits per heavy atom. The molecule has 0 saturated heterocycles. The van der Waals surface area contributed by atoms with Crippen LogP contribution in [0.5, 0.6) is 0 Å². The lowest BCUT2D eigenvalue weighted by molar-refractivity contribution is -0.0641. The first-order chi connectivity index (χ1) is 6.52. The second-order valence-corrected chi connectivity index (χ2v) is 3.98. The molecule has 1 aromatic heterocycles. The average molecular weight is 236 g/mol. The highest BCUT2D eigenvalue weighted by Crippen LogP contribution is 2.29. The number of alkyl halides is 1. The summed E-state index contributed by atoms with van der Waals surface area (Å²) in [5, 5.41) is 20.6. The molecule has 0 aliphatic rings. The van der Waals surface area contributed by atoms with Crippen molar-refractivity contribution in [2.75, 3.05) is 12.9 Å². The highest BCUT2D eigenvalue weighted by atomic mass is 35.5. The van der Waals surface area contributed by atoms with Crippen molar-refractivity contribution >= 4 is 29.0 Å². The van der Waals surface area contributed by atoms with Crippen LogP contribution in [0.25, 0.3) is 0 Å². The Morgan fingerprint density at radius 1 is 1.79 bits per heavy atom. The van der Waals surface area contributed by atoms with Crippen LogP contribution in [0.3, 0.4) is 0 Å². The second-order valence-electron chi connectivity index (χ2n) is 2.77. The van der Waals surface area contributed by atoms with E-state index < -0.39 is 11.8 Å². The molecule has 6 heteroatoms. The van der Waals surface area contributed by atoms with E-state index >= 15 is 0 Å². The number of thiophene rings is 1. The van der Waals surface area contributed by atoms with Gasteiger partial charge in [0, 0.05) is 7.05 Å². The predicted octanol–water partition coefficient (Wildman–Crippen LogP) is 1.74. The van der Waals surface area contributed by atoms with E-state index in [0.29, 0.717) is 4.88 Å². The van der Waals surface area contributed by atoms with E-state index in [0.717, 1.165) is 4.90 Å². The molecule has 14 heavy (non-hydrogen) atoms. The Morgan fingerprint density at radius 3 is 2.79 bits per heavy atom. The molecule has 1 heterocycles. The number of carbonyl (C=O) groups is 1. The number of nitrogens with zero attached hydrogens (tertiary/aromatic N) is 1. The van der Waals surface area contributed by atoms with Crippen LogP contribution in [0, 0.1) is 0 Å². The first kappa shape index (κ1) is 11.3. The topological polar surface area (TPSA) is 60.8 Å². The van der Waals surface area contributed by atoms with Crippen LogP contribution in [0.1, 0.15) is 4.88 Å². The Kier molecular flexibility index (Phi) is 3.36. The fourth-order valence-corrected chi connectivity index (χ4v) is 2.25. The quantitative estimate of drug-likeness (QED) is 0.620. The van der Waals surface area contributed by atoms with Gasteiger partial charge >= 0.3 is 6.09 Å². The zero-order chi connectivity index (χ0) is 10.8. The summed E-state index contributed by atoms with van der Waals surface area (Å²) in [6.07, 6.45) is -1.22. The summed E-state index contributed by atoms with van der Waals surface area (Å²) >= 11 is 6.85. The molecule has 0 spiro atoms. The standard InChI is InChI=1S/C8H10ClNO3S/c1-10(7(11)12)8(13,5-9)6-3-2-4-14-6/h2-4,13H,5H2,1H3,(H,11,12). The molecule has 0 aliphatic carbocycles. The summed E-state index contributed by atoms with van der Waals surface area (Å²) in [5.41, 5.74) is -1.64. The highest BCUT2D eigenvalue weighted by Gasteiger charge is 2.37. The monoisotopic (exact) mass is 235 g/mol. The van der Waals surface area contributed by atoms with Crippen molar-refractivity contribution in [1.29, 1.82) is 0 Å². The summed E-state index contributed by atoms with van der Waals surface area (Å²) in [6, 6.07) is 3.37. The van der Waals surface area contributed by atoms with Crippen LogP contribution >= 0.6 is 22.9 Å². The normalized spacial score (nSPS) is 14.8. The highest BCUT2D eigenvalue weighted by molar-refractivity contribution is 7.10. The lowest BCUT2D eigenvalue weighted by atomic mass is 10.2. The summed E-state index contributed by atoms with van der Waals surface area (Å²) in [4.78, 5) is 12.0. The summed E-state index contributed by atoms with van der Waals surface area (Å²) in [5.74, 6) is -0.198. The molecular formula is C8H10ClNO3S. The third-order valence-electron chi connectivity index (χ3n) is 1.94. The first-order valence-electron chi connectivity index (χ1n) is 3.81. The zero-order valence-corrected chi connectivity index (χ0v) is 9.05. The number of amides is 1. The van der Waals surface area contributed by atoms with Crippen molar-refractivity contribution in [3.63, 3.8) is 0 Å². The number of rotatable bonds is 3. The van der Waals surface area contributed by atoms with Crippen molar-refractivity contribution in [1.82, 2.24) is 4.90 Å². The van der Waals surface area contributed by atoms with Gasteiger partial charge in [0.15, 0.2) is 5.72 Å². The van der Waals surface area contributed by atoms with Crippen LogP contribution in [0.15, 0.2) is 17.5 Å². The van der Waals surface area contributed by atoms with E-state index in [4.69, 9.17) is 16.7 Å². The van der Waals surface area contributed by atoms with Crippen molar-refractivity contribution in [2.45, 2.75) is 5.72 Å². The maximum absolute atomic E-state index is 10.7. The first-order valence-corrected chi connectivity index (χ1v) is 5.23. The van der Waals surface area contributed by atoms with Gasteiger partial charge in [-0.2, -0.15) is 0 Å². The summed E-state index contributed by atoms with van der Waals surface area (Å²) in [6.45, 7) is 0. The smallest absolute Gasteiger partial charge is 0.409 e. The van der Waals surface area contributed by atoms with Crippen LogP contribution in [-0.4, -0.2) is 34.1 Å². The Labute approximate surface area is 90.3 Å². The van der Waals surface area contributed by atoms with Crippen LogP contribution in [0.2, 0.25) is 0 Å². The average Bonchev–Trinajstić information content (AvgIpc) is 2.68. The molecule has 0 fully saturated rings. The van der Waals surface area contributed by atoms with Gasteiger partial charge in [-0.1, -0.05) is 6.07 Å². The molecule has 4 nitrogen and oxygen atoms in total. The number of aliphatic hydroxyl groups is 1. The minimum atomic E-state index is -1.64. The fourth-order valence-electron chi connectivity index (χ4n) is 0.985. The number of hydrogen-bond donors (Lipinski definition) is 2. The maximum Gasteiger partial charge on any atom is 0.409 e. The number of hydrogen-bond acceptors (Lipinski definition) is 3. The lowest BCUT2D eigenvalue weighted by Crippen LogP contribution is -2.47. The number of halogens is 1. The lowest BCUT2D eigenvalue weighted by Gasteiger charge is -2.32. The number of carboxylic acid groups (broad SMARTS) is 1. The SMILES string of the molecule is CN(C(=O)O)C(O)(CCl)c1cccs1. The summed E-state index contributed by atoms with van der Waals surface area (Å²) in [7, 11) is 1.28. The molecule has 0 radical (unpaired) electrons. The molecule has 1 unspecified atom stereocenters. The molecule has 2 N–H and O–H groups in total. The van der Waals surface area contributed by atoms with Crippen LogP contribution in [0.4, 0.5) is 4.79 Å². The molecule has 0 saturated carbocycles. The van der Waals surface area contributed by atoms with E-state index in [2.05, 4.69) is 0 Å². The third kappa shape index (κ3) is 1.84. The Bertz CT molecular complexity index is 316. The van der Waals surface area contributed by atoms with Crippen molar-refractivity contribution in [2.24, 2.45) is 0 Å². The maximum atomic E-state index is 10.7. The summed E-state index contributed by atoms with van der Waals surface area (Å²) < 4.78 is 0. The van der Waals surface area contributed by atoms with E-state index in [1.165, 1.54) is 18.4 Å². The van der Waals surface area contributed by atoms with E-state index in [-0.39, 0.29) is 5.88 Å². The predicted molar refractivity (Wildman–Crippen MR) is 54.7 cm³/mol. The van der Waals surface area contributed by atoms with Crippen LogP contribution in [-0.2, 0) is 5.72 Å². The van der Waals surface area contributed by atoms with Gasteiger partial charge in [-0.15, -0.1) is 22.9 Å². The van der Waals surface area contributed by atoms with Crippen LogP contribution < -0.4 is 0 Å². The van der Waals surface area contributed by atoms with Gasteiger partial charge in [-0.05, 0) is 11.4 Å². The molecule has 1 rings (SSSR count). The molecule has 1 atom stereocenters. The van der Waals surface area contributed by atoms with Gasteiger partial charge in [0.05, 0.1) is 10.8 Å². The van der Waals surface area contributed by atoms with Gasteiger partial charge in [-0.25, -0.2) is 4.79 Å². The van der Waals surface area contributed by atoms with Gasteiger partial charge in [0.25, 0.3) is 0 Å².